The molecule has 38 heavy (non-hydrogen) atoms. The fourth-order valence-electron chi connectivity index (χ4n) is 6.01. The van der Waals surface area contributed by atoms with E-state index in [-0.39, 0.29) is 0 Å². The summed E-state index contributed by atoms with van der Waals surface area (Å²) in [6.07, 6.45) is 10.2. The van der Waals surface area contributed by atoms with Gasteiger partial charge in [-0.1, -0.05) is 18.6 Å². The molecular weight excluding hydrogens is 472 g/mol. The summed E-state index contributed by atoms with van der Waals surface area (Å²) in [6.45, 7) is 4.26. The van der Waals surface area contributed by atoms with Crippen LogP contribution in [0.15, 0.2) is 60.9 Å². The van der Waals surface area contributed by atoms with Crippen molar-refractivity contribution in [3.63, 3.8) is 0 Å². The summed E-state index contributed by atoms with van der Waals surface area (Å²) in [5, 5.41) is 10.3. The SMILES string of the molecule is CN1CCN(c2cccc3[nH]c(-c4n[nH]c5ccc(-c6cncc(OC7CCCCC7)c6)cc45)cc23)CC1. The van der Waals surface area contributed by atoms with E-state index in [1.54, 1.807) is 0 Å². The van der Waals surface area contributed by atoms with Crippen LogP contribution >= 0.6 is 0 Å². The number of hydrogen-bond donors (Lipinski definition) is 2. The number of likely N-dealkylation sites (N-methyl/N-ethyl adjacent to an activating group) is 1. The summed E-state index contributed by atoms with van der Waals surface area (Å²) < 4.78 is 6.29. The molecule has 2 N–H and O–H groups in total. The third-order valence-electron chi connectivity index (χ3n) is 8.20. The summed E-state index contributed by atoms with van der Waals surface area (Å²) in [7, 11) is 2.19. The molecule has 0 spiro atoms. The van der Waals surface area contributed by atoms with Crippen molar-refractivity contribution in [1.82, 2.24) is 25.1 Å². The minimum absolute atomic E-state index is 0.307. The largest absolute Gasteiger partial charge is 0.489 e. The second kappa shape index (κ2) is 9.80. The second-order valence-corrected chi connectivity index (χ2v) is 10.8. The van der Waals surface area contributed by atoms with Gasteiger partial charge in [-0.2, -0.15) is 5.10 Å². The fourth-order valence-corrected chi connectivity index (χ4v) is 6.01. The molecule has 7 nitrogen and oxygen atoms in total. The molecule has 5 aromatic rings. The Morgan fingerprint density at radius 1 is 0.842 bits per heavy atom. The van der Waals surface area contributed by atoms with Gasteiger partial charge in [-0.3, -0.25) is 10.1 Å². The van der Waals surface area contributed by atoms with Crippen molar-refractivity contribution in [3.05, 3.63) is 60.9 Å². The van der Waals surface area contributed by atoms with Crippen LogP contribution in [0, 0.1) is 0 Å². The van der Waals surface area contributed by atoms with Crippen molar-refractivity contribution >= 4 is 27.5 Å². The quantitative estimate of drug-likeness (QED) is 0.295. The number of aromatic nitrogens is 4. The Balaban J connectivity index is 1.22. The average molecular weight is 507 g/mol. The number of hydrogen-bond acceptors (Lipinski definition) is 5. The number of ether oxygens (including phenoxy) is 1. The standard InChI is InChI=1S/C31H34N6O/c1-36-12-14-37(15-13-36)30-9-5-8-27-25(30)18-29(33-27)31-26-17-21(10-11-28(26)34-35-31)22-16-24(20-32-19-22)38-23-6-3-2-4-7-23/h5,8-11,16-20,23,33H,2-4,6-7,12-15H2,1H3,(H,34,35). The lowest BCUT2D eigenvalue weighted by molar-refractivity contribution is 0.154. The lowest BCUT2D eigenvalue weighted by atomic mass is 9.98. The van der Waals surface area contributed by atoms with Gasteiger partial charge in [0.05, 0.1) is 23.5 Å². The van der Waals surface area contributed by atoms with Gasteiger partial charge in [-0.25, -0.2) is 0 Å². The van der Waals surface area contributed by atoms with Crippen LogP contribution in [0.3, 0.4) is 0 Å². The lowest BCUT2D eigenvalue weighted by Gasteiger charge is -2.34. The molecule has 2 aromatic carbocycles. The van der Waals surface area contributed by atoms with Gasteiger partial charge in [0.2, 0.25) is 0 Å². The summed E-state index contributed by atoms with van der Waals surface area (Å²) >= 11 is 0. The highest BCUT2D eigenvalue weighted by molar-refractivity contribution is 6.01. The minimum atomic E-state index is 0.307. The molecule has 0 amide bonds. The van der Waals surface area contributed by atoms with E-state index in [1.165, 1.54) is 30.3 Å². The van der Waals surface area contributed by atoms with Crippen LogP contribution in [0.25, 0.3) is 44.3 Å². The van der Waals surface area contributed by atoms with Gasteiger partial charge >= 0.3 is 0 Å². The Labute approximate surface area is 222 Å². The number of H-pyrrole nitrogens is 2. The minimum Gasteiger partial charge on any atom is -0.489 e. The van der Waals surface area contributed by atoms with E-state index in [2.05, 4.69) is 80.4 Å². The third kappa shape index (κ3) is 4.41. The van der Waals surface area contributed by atoms with Crippen molar-refractivity contribution in [2.75, 3.05) is 38.1 Å². The van der Waals surface area contributed by atoms with E-state index in [0.29, 0.717) is 6.10 Å². The fraction of sp³-hybridized carbons (Fsp3) is 0.355. The van der Waals surface area contributed by atoms with Gasteiger partial charge in [0.15, 0.2) is 0 Å². The van der Waals surface area contributed by atoms with E-state index >= 15 is 0 Å². The van der Waals surface area contributed by atoms with Crippen molar-refractivity contribution < 1.29 is 4.74 Å². The maximum Gasteiger partial charge on any atom is 0.138 e. The monoisotopic (exact) mass is 506 g/mol. The summed E-state index contributed by atoms with van der Waals surface area (Å²) in [5.74, 6) is 0.856. The smallest absolute Gasteiger partial charge is 0.138 e. The van der Waals surface area contributed by atoms with Crippen molar-refractivity contribution in [2.24, 2.45) is 0 Å². The summed E-state index contributed by atoms with van der Waals surface area (Å²) in [4.78, 5) is 13.0. The molecule has 7 rings (SSSR count). The average Bonchev–Trinajstić information content (AvgIpc) is 3.58. The molecule has 0 unspecified atom stereocenters. The molecule has 2 aliphatic rings. The predicted molar refractivity (Wildman–Crippen MR) is 154 cm³/mol. The Kier molecular flexibility index (Phi) is 6.01. The zero-order chi connectivity index (χ0) is 25.5. The van der Waals surface area contributed by atoms with Crippen LogP contribution < -0.4 is 9.64 Å². The lowest BCUT2D eigenvalue weighted by Crippen LogP contribution is -2.44. The first-order valence-electron chi connectivity index (χ1n) is 13.9. The topological polar surface area (TPSA) is 73.1 Å². The van der Waals surface area contributed by atoms with Crippen LogP contribution in [0.2, 0.25) is 0 Å². The van der Waals surface area contributed by atoms with Crippen LogP contribution in [0.1, 0.15) is 32.1 Å². The number of rotatable bonds is 5. The molecule has 1 saturated carbocycles. The summed E-state index contributed by atoms with van der Waals surface area (Å²) in [5.41, 5.74) is 7.57. The number of piperazine rings is 1. The van der Waals surface area contributed by atoms with Gasteiger partial charge in [0.25, 0.3) is 0 Å². The van der Waals surface area contributed by atoms with Crippen LogP contribution in [-0.4, -0.2) is 64.4 Å². The number of nitrogens with zero attached hydrogens (tertiary/aromatic N) is 4. The van der Waals surface area contributed by atoms with Crippen LogP contribution in [0.4, 0.5) is 5.69 Å². The number of anilines is 1. The number of aromatic amines is 2. The first-order chi connectivity index (χ1) is 18.7. The maximum atomic E-state index is 6.29. The number of benzene rings is 2. The Bertz CT molecular complexity index is 1570. The van der Waals surface area contributed by atoms with Crippen molar-refractivity contribution in [1.29, 1.82) is 0 Å². The molecule has 194 valence electrons. The highest BCUT2D eigenvalue weighted by Gasteiger charge is 2.19. The first kappa shape index (κ1) is 23.3. The van der Waals surface area contributed by atoms with E-state index in [9.17, 15) is 0 Å². The normalized spacial score (nSPS) is 17.4. The predicted octanol–water partition coefficient (Wildman–Crippen LogP) is 6.24. The molecule has 0 atom stereocenters. The molecule has 0 radical (unpaired) electrons. The zero-order valence-corrected chi connectivity index (χ0v) is 21.9. The Hall–Kier alpha value is -3.84. The number of pyridine rings is 1. The molecule has 4 heterocycles. The first-order valence-corrected chi connectivity index (χ1v) is 13.9. The highest BCUT2D eigenvalue weighted by atomic mass is 16.5. The van der Waals surface area contributed by atoms with Crippen LogP contribution in [-0.2, 0) is 0 Å². The molecule has 1 aliphatic heterocycles. The zero-order valence-electron chi connectivity index (χ0n) is 21.9. The molecular formula is C31H34N6O. The maximum absolute atomic E-state index is 6.29. The molecule has 7 heteroatoms. The molecule has 2 fully saturated rings. The highest BCUT2D eigenvalue weighted by Crippen LogP contribution is 2.35. The second-order valence-electron chi connectivity index (χ2n) is 10.8. The van der Waals surface area contributed by atoms with Crippen molar-refractivity contribution in [3.8, 4) is 28.3 Å². The van der Waals surface area contributed by atoms with Crippen molar-refractivity contribution in [2.45, 2.75) is 38.2 Å². The van der Waals surface area contributed by atoms with Gasteiger partial charge in [-0.15, -0.1) is 0 Å². The molecule has 0 bridgehead atoms. The molecule has 1 aliphatic carbocycles. The third-order valence-corrected chi connectivity index (χ3v) is 8.20. The van der Waals surface area contributed by atoms with E-state index in [4.69, 9.17) is 9.84 Å². The molecule has 3 aromatic heterocycles. The van der Waals surface area contributed by atoms with Gasteiger partial charge in [0.1, 0.15) is 11.4 Å². The van der Waals surface area contributed by atoms with E-state index in [1.807, 2.05) is 12.4 Å². The Morgan fingerprint density at radius 2 is 1.71 bits per heavy atom. The summed E-state index contributed by atoms with van der Waals surface area (Å²) in [6, 6.07) is 17.4. The Morgan fingerprint density at radius 3 is 2.58 bits per heavy atom. The number of nitrogens with one attached hydrogen (secondary N) is 2. The van der Waals surface area contributed by atoms with Crippen LogP contribution in [0.5, 0.6) is 5.75 Å². The number of fused-ring (bicyclic) bond motifs is 2. The molecule has 1 saturated heterocycles. The van der Waals surface area contributed by atoms with Gasteiger partial charge < -0.3 is 19.5 Å². The van der Waals surface area contributed by atoms with E-state index < -0.39 is 0 Å². The van der Waals surface area contributed by atoms with E-state index in [0.717, 1.165) is 83.7 Å². The van der Waals surface area contributed by atoms with Gasteiger partial charge in [0, 0.05) is 59.9 Å². The van der Waals surface area contributed by atoms with Gasteiger partial charge in [-0.05, 0) is 74.7 Å².